The van der Waals surface area contributed by atoms with E-state index in [9.17, 15) is 9.59 Å². The molecule has 2 bridgehead atoms. The number of nitrogens with one attached hydrogen (secondary N) is 2. The number of amides is 2. The first-order valence-corrected chi connectivity index (χ1v) is 14.0. The molecule has 6 nitrogen and oxygen atoms in total. The van der Waals surface area contributed by atoms with Gasteiger partial charge in [0.2, 0.25) is 11.8 Å². The highest BCUT2D eigenvalue weighted by Crippen LogP contribution is 2.16. The zero-order valence-electron chi connectivity index (χ0n) is 23.3. The summed E-state index contributed by atoms with van der Waals surface area (Å²) in [6, 6.07) is -0.109. The third-order valence-electron chi connectivity index (χ3n) is 5.92. The largest absolute Gasteiger partial charge is 0.353 e. The Morgan fingerprint density at radius 1 is 1.11 bits per heavy atom. The molecule has 2 amide bonds. The average Bonchev–Trinajstić information content (AvgIpc) is 3.25. The smallest absolute Gasteiger partial charge is 0.244 e. The van der Waals surface area contributed by atoms with Crippen LogP contribution in [0.1, 0.15) is 64.1 Å². The van der Waals surface area contributed by atoms with E-state index in [1.807, 2.05) is 19.9 Å². The normalized spacial score (nSPS) is 24.0. The van der Waals surface area contributed by atoms with Crippen molar-refractivity contribution in [3.63, 3.8) is 0 Å². The van der Waals surface area contributed by atoms with Gasteiger partial charge in [0, 0.05) is 36.9 Å². The molecule has 0 aromatic carbocycles. The monoisotopic (exact) mass is 524 g/mol. The van der Waals surface area contributed by atoms with E-state index in [4.69, 9.17) is 4.98 Å². The number of thiazole rings is 1. The maximum Gasteiger partial charge on any atom is 0.244 e. The molecule has 0 saturated heterocycles. The molecule has 2 atom stereocenters. The van der Waals surface area contributed by atoms with E-state index in [2.05, 4.69) is 73.2 Å². The van der Waals surface area contributed by atoms with Crippen LogP contribution < -0.4 is 10.6 Å². The summed E-state index contributed by atoms with van der Waals surface area (Å²) in [5.41, 5.74) is 4.45. The highest BCUT2D eigenvalue weighted by atomic mass is 32.1. The first kappa shape index (κ1) is 30.5. The van der Waals surface area contributed by atoms with Crippen LogP contribution in [0.2, 0.25) is 0 Å². The number of nitrogens with zero attached hydrogens (tertiary/aromatic N) is 2. The third-order valence-corrected chi connectivity index (χ3v) is 6.84. The van der Waals surface area contributed by atoms with Gasteiger partial charge in [0.15, 0.2) is 0 Å². The predicted octanol–water partition coefficient (Wildman–Crippen LogP) is 5.30. The van der Waals surface area contributed by atoms with Crippen LogP contribution in [0.5, 0.6) is 0 Å². The van der Waals surface area contributed by atoms with Crippen molar-refractivity contribution in [2.45, 2.75) is 78.3 Å². The van der Waals surface area contributed by atoms with Gasteiger partial charge in [-0.2, -0.15) is 0 Å². The van der Waals surface area contributed by atoms with Gasteiger partial charge in [-0.25, -0.2) is 4.98 Å². The number of hydrogen-bond donors (Lipinski definition) is 2. The fraction of sp³-hybridized carbons (Fsp3) is 0.500. The standard InChI is InChI=1S/C30H44N4O2S/c1-22(16-17-34(5)6)14-15-24(3)19-27-20-30-33-26(21-37-30)11-7-8-12-28(35)31-25(4)18-23(2)10-9-13-29(36)32-27/h9-10,13-16,19,21,25,27H,7-8,11-12,17-18,20H2,1-6H3,(H,31,35)(H,32,36)/b13-9-,15-14+,22-16+,23-10+,24-19+/t25-,27?/m0/s1. The second-order valence-electron chi connectivity index (χ2n) is 10.3. The van der Waals surface area contributed by atoms with E-state index >= 15 is 0 Å². The molecule has 37 heavy (non-hydrogen) atoms. The van der Waals surface area contributed by atoms with E-state index in [0.29, 0.717) is 12.8 Å². The molecule has 1 aromatic rings. The lowest BCUT2D eigenvalue weighted by molar-refractivity contribution is -0.121. The number of aryl methyl sites for hydroxylation is 1. The number of fused-ring (bicyclic) bond motifs is 2. The Balaban J connectivity index is 2.21. The van der Waals surface area contributed by atoms with Crippen LogP contribution in [0.3, 0.4) is 0 Å². The lowest BCUT2D eigenvalue weighted by Gasteiger charge is -2.14. The van der Waals surface area contributed by atoms with Gasteiger partial charge in [0.05, 0.1) is 16.7 Å². The SMILES string of the molecule is CC(/C=C/C(C)=C/C1Cc2nc(cs2)CCCCC(=O)N[C@@H](C)C/C(C)=C/C=C\C(=O)N1)=C\CN(C)C. The number of carbonyl (C=O) groups is 2. The maximum absolute atomic E-state index is 12.7. The van der Waals surface area contributed by atoms with Gasteiger partial charge >= 0.3 is 0 Å². The molecule has 7 heteroatoms. The van der Waals surface area contributed by atoms with Gasteiger partial charge in [-0.3, -0.25) is 9.59 Å². The van der Waals surface area contributed by atoms with Gasteiger partial charge in [0.1, 0.15) is 0 Å². The summed E-state index contributed by atoms with van der Waals surface area (Å²) in [6.45, 7) is 9.08. The lowest BCUT2D eigenvalue weighted by atomic mass is 10.1. The van der Waals surface area contributed by atoms with Crippen molar-refractivity contribution in [2.75, 3.05) is 20.6 Å². The van der Waals surface area contributed by atoms with E-state index in [-0.39, 0.29) is 23.9 Å². The van der Waals surface area contributed by atoms with Crippen molar-refractivity contribution >= 4 is 23.2 Å². The molecular weight excluding hydrogens is 480 g/mol. The quantitative estimate of drug-likeness (QED) is 0.513. The molecule has 2 rings (SSSR count). The minimum Gasteiger partial charge on any atom is -0.353 e. The van der Waals surface area contributed by atoms with Crippen molar-refractivity contribution in [1.82, 2.24) is 20.5 Å². The molecule has 2 heterocycles. The van der Waals surface area contributed by atoms with E-state index in [0.717, 1.165) is 54.1 Å². The van der Waals surface area contributed by atoms with Crippen LogP contribution in [0.4, 0.5) is 0 Å². The molecule has 1 aliphatic rings. The third kappa shape index (κ3) is 13.4. The molecule has 1 unspecified atom stereocenters. The minimum absolute atomic E-state index is 0.0565. The Labute approximate surface area is 227 Å². The van der Waals surface area contributed by atoms with E-state index in [1.165, 1.54) is 5.57 Å². The summed E-state index contributed by atoms with van der Waals surface area (Å²) in [5, 5.41) is 9.31. The zero-order chi connectivity index (χ0) is 27.2. The Morgan fingerprint density at radius 3 is 2.59 bits per heavy atom. The highest BCUT2D eigenvalue weighted by molar-refractivity contribution is 7.09. The van der Waals surface area contributed by atoms with Crippen molar-refractivity contribution in [1.29, 1.82) is 0 Å². The molecule has 0 spiro atoms. The Morgan fingerprint density at radius 2 is 1.84 bits per heavy atom. The van der Waals surface area contributed by atoms with Gasteiger partial charge < -0.3 is 15.5 Å². The number of carbonyl (C=O) groups excluding carboxylic acids is 2. The molecule has 2 N–H and O–H groups in total. The molecule has 0 fully saturated rings. The van der Waals surface area contributed by atoms with Crippen LogP contribution in [-0.2, 0) is 22.4 Å². The molecule has 1 aromatic heterocycles. The number of hydrogen-bond acceptors (Lipinski definition) is 5. The zero-order valence-corrected chi connectivity index (χ0v) is 24.2. The summed E-state index contributed by atoms with van der Waals surface area (Å²) in [5.74, 6) is -0.0466. The fourth-order valence-corrected chi connectivity index (χ4v) is 4.89. The molecule has 1 aliphatic heterocycles. The Hall–Kier alpha value is -2.77. The van der Waals surface area contributed by atoms with Gasteiger partial charge in [0.25, 0.3) is 0 Å². The van der Waals surface area contributed by atoms with Crippen molar-refractivity contribution in [3.05, 3.63) is 75.3 Å². The number of rotatable bonds is 5. The highest BCUT2D eigenvalue weighted by Gasteiger charge is 2.13. The fourth-order valence-electron chi connectivity index (χ4n) is 4.00. The molecule has 0 saturated carbocycles. The van der Waals surface area contributed by atoms with Crippen LogP contribution in [0, 0.1) is 0 Å². The summed E-state index contributed by atoms with van der Waals surface area (Å²) in [4.78, 5) is 31.9. The van der Waals surface area contributed by atoms with Crippen LogP contribution >= 0.6 is 11.3 Å². The van der Waals surface area contributed by atoms with E-state index in [1.54, 1.807) is 23.5 Å². The first-order valence-electron chi connectivity index (χ1n) is 13.2. The molecule has 202 valence electrons. The Kier molecular flexibility index (Phi) is 13.3. The second kappa shape index (κ2) is 16.2. The molecule has 0 radical (unpaired) electrons. The topological polar surface area (TPSA) is 74.3 Å². The number of aromatic nitrogens is 1. The van der Waals surface area contributed by atoms with Crippen LogP contribution in [0.15, 0.2) is 64.6 Å². The van der Waals surface area contributed by atoms with Crippen molar-refractivity contribution < 1.29 is 9.59 Å². The summed E-state index contributed by atoms with van der Waals surface area (Å²) in [7, 11) is 4.10. The van der Waals surface area contributed by atoms with Gasteiger partial charge in [-0.05, 0) is 67.5 Å². The summed E-state index contributed by atoms with van der Waals surface area (Å²) >= 11 is 1.63. The van der Waals surface area contributed by atoms with Crippen LogP contribution in [-0.4, -0.2) is 54.4 Å². The number of likely N-dealkylation sites (N-methyl/N-ethyl adjacent to an activating group) is 1. The van der Waals surface area contributed by atoms with Crippen molar-refractivity contribution in [3.8, 4) is 0 Å². The van der Waals surface area contributed by atoms with Gasteiger partial charge in [-0.15, -0.1) is 11.3 Å². The second-order valence-corrected chi connectivity index (χ2v) is 11.2. The first-order chi connectivity index (χ1) is 17.6. The molecular formula is C30H44N4O2S. The van der Waals surface area contributed by atoms with E-state index < -0.39 is 0 Å². The summed E-state index contributed by atoms with van der Waals surface area (Å²) < 4.78 is 0. The summed E-state index contributed by atoms with van der Waals surface area (Å²) in [6.07, 6.45) is 18.3. The minimum atomic E-state index is -0.166. The van der Waals surface area contributed by atoms with Crippen molar-refractivity contribution in [2.24, 2.45) is 0 Å². The molecule has 0 aliphatic carbocycles. The Bertz CT molecular complexity index is 1050. The van der Waals surface area contributed by atoms with Gasteiger partial charge in [-0.1, -0.05) is 53.2 Å². The van der Waals surface area contributed by atoms with Crippen LogP contribution in [0.25, 0.3) is 0 Å². The predicted molar refractivity (Wildman–Crippen MR) is 156 cm³/mol. The lowest BCUT2D eigenvalue weighted by Crippen LogP contribution is -2.34. The number of allylic oxidation sites excluding steroid dienone is 6. The maximum atomic E-state index is 12.7. The average molecular weight is 525 g/mol.